The first-order valence-electron chi connectivity index (χ1n) is 11.1. The molecule has 0 spiro atoms. The van der Waals surface area contributed by atoms with Gasteiger partial charge in [-0.2, -0.15) is 0 Å². The van der Waals surface area contributed by atoms with Crippen LogP contribution >= 0.6 is 0 Å². The fourth-order valence-corrected chi connectivity index (χ4v) is 3.14. The van der Waals surface area contributed by atoms with Crippen LogP contribution in [0.1, 0.15) is 48.2 Å². The van der Waals surface area contributed by atoms with Gasteiger partial charge in [0, 0.05) is 23.4 Å². The number of anilines is 1. The molecule has 168 valence electrons. The molecular formula is C27H31NO4. The number of ether oxygens (including phenoxy) is 3. The van der Waals surface area contributed by atoms with Gasteiger partial charge in [0.05, 0.1) is 13.2 Å². The summed E-state index contributed by atoms with van der Waals surface area (Å²) in [7, 11) is 0. The maximum absolute atomic E-state index is 12.8. The molecule has 32 heavy (non-hydrogen) atoms. The van der Waals surface area contributed by atoms with E-state index in [1.807, 2.05) is 73.7 Å². The van der Waals surface area contributed by atoms with Crippen LogP contribution in [0, 0.1) is 0 Å². The molecule has 0 aliphatic rings. The molecule has 1 N–H and O–H groups in total. The van der Waals surface area contributed by atoms with Gasteiger partial charge in [-0.05, 0) is 61.4 Å². The summed E-state index contributed by atoms with van der Waals surface area (Å²) < 4.78 is 17.2. The Labute approximate surface area is 190 Å². The molecule has 0 unspecified atom stereocenters. The van der Waals surface area contributed by atoms with Crippen molar-refractivity contribution in [3.05, 3.63) is 89.5 Å². The van der Waals surface area contributed by atoms with Crippen LogP contribution in [0.15, 0.2) is 72.8 Å². The van der Waals surface area contributed by atoms with Crippen LogP contribution in [0.25, 0.3) is 0 Å². The molecule has 0 heterocycles. The van der Waals surface area contributed by atoms with Crippen LogP contribution in [0.5, 0.6) is 11.5 Å². The number of hydrogen-bond acceptors (Lipinski definition) is 4. The average Bonchev–Trinajstić information content (AvgIpc) is 2.83. The Hall–Kier alpha value is -3.31. The van der Waals surface area contributed by atoms with E-state index in [0.29, 0.717) is 37.7 Å². The van der Waals surface area contributed by atoms with E-state index in [1.165, 1.54) is 0 Å². The molecule has 5 nitrogen and oxygen atoms in total. The Morgan fingerprint density at radius 3 is 2.38 bits per heavy atom. The number of carbonyl (C=O) groups excluding carboxylic acids is 1. The van der Waals surface area contributed by atoms with E-state index in [9.17, 15) is 4.79 Å². The highest BCUT2D eigenvalue weighted by atomic mass is 16.5. The normalized spacial score (nSPS) is 10.6. The number of unbranched alkanes of at least 4 members (excludes halogenated alkanes) is 1. The van der Waals surface area contributed by atoms with Crippen molar-refractivity contribution in [2.45, 2.75) is 39.9 Å². The smallest absolute Gasteiger partial charge is 0.255 e. The molecular weight excluding hydrogens is 402 g/mol. The molecule has 0 radical (unpaired) electrons. The summed E-state index contributed by atoms with van der Waals surface area (Å²) in [6, 6.07) is 22.8. The zero-order valence-electron chi connectivity index (χ0n) is 18.8. The summed E-state index contributed by atoms with van der Waals surface area (Å²) in [6.07, 6.45) is 2.09. The van der Waals surface area contributed by atoms with Gasteiger partial charge in [-0.1, -0.05) is 43.7 Å². The second-order valence-corrected chi connectivity index (χ2v) is 7.41. The van der Waals surface area contributed by atoms with Crippen molar-refractivity contribution in [3.63, 3.8) is 0 Å². The van der Waals surface area contributed by atoms with Crippen molar-refractivity contribution in [2.75, 3.05) is 18.5 Å². The molecule has 0 saturated heterocycles. The molecule has 1 amide bonds. The lowest BCUT2D eigenvalue weighted by Gasteiger charge is -2.13. The Balaban J connectivity index is 1.60. The minimum atomic E-state index is -0.180. The largest absolute Gasteiger partial charge is 0.494 e. The molecule has 3 aromatic rings. The zero-order valence-corrected chi connectivity index (χ0v) is 18.8. The topological polar surface area (TPSA) is 56.8 Å². The van der Waals surface area contributed by atoms with Crippen LogP contribution in [0.2, 0.25) is 0 Å². The van der Waals surface area contributed by atoms with E-state index >= 15 is 0 Å². The van der Waals surface area contributed by atoms with E-state index < -0.39 is 0 Å². The Kier molecular flexibility index (Phi) is 9.14. The quantitative estimate of drug-likeness (QED) is 0.344. The first-order valence-corrected chi connectivity index (χ1v) is 11.1. The van der Waals surface area contributed by atoms with Crippen molar-refractivity contribution in [2.24, 2.45) is 0 Å². The number of amides is 1. The lowest BCUT2D eigenvalue weighted by Crippen LogP contribution is -2.13. The summed E-state index contributed by atoms with van der Waals surface area (Å²) in [6.45, 7) is 6.24. The lowest BCUT2D eigenvalue weighted by atomic mass is 10.1. The fourth-order valence-electron chi connectivity index (χ4n) is 3.14. The minimum absolute atomic E-state index is 0.180. The van der Waals surface area contributed by atoms with E-state index in [4.69, 9.17) is 14.2 Å². The summed E-state index contributed by atoms with van der Waals surface area (Å²) in [5, 5.41) is 2.94. The average molecular weight is 434 g/mol. The monoisotopic (exact) mass is 433 g/mol. The molecule has 5 heteroatoms. The molecule has 0 bridgehead atoms. The van der Waals surface area contributed by atoms with E-state index in [0.717, 1.165) is 35.5 Å². The van der Waals surface area contributed by atoms with Crippen molar-refractivity contribution in [1.82, 2.24) is 0 Å². The summed E-state index contributed by atoms with van der Waals surface area (Å²) in [5.41, 5.74) is 3.25. The van der Waals surface area contributed by atoms with Gasteiger partial charge in [0.25, 0.3) is 5.91 Å². The van der Waals surface area contributed by atoms with E-state index in [1.54, 1.807) is 6.07 Å². The molecule has 3 rings (SSSR count). The number of rotatable bonds is 12. The maximum Gasteiger partial charge on any atom is 0.255 e. The number of hydrogen-bond donors (Lipinski definition) is 1. The van der Waals surface area contributed by atoms with Gasteiger partial charge in [-0.25, -0.2) is 0 Å². The highest BCUT2D eigenvalue weighted by molar-refractivity contribution is 6.04. The van der Waals surface area contributed by atoms with Crippen molar-refractivity contribution in [3.8, 4) is 11.5 Å². The predicted octanol–water partition coefficient (Wildman–Crippen LogP) is 6.23. The molecule has 0 aliphatic heterocycles. The number of benzene rings is 3. The van der Waals surface area contributed by atoms with Gasteiger partial charge in [0.2, 0.25) is 0 Å². The number of carbonyl (C=O) groups is 1. The van der Waals surface area contributed by atoms with Crippen molar-refractivity contribution >= 4 is 11.6 Å². The first-order chi connectivity index (χ1) is 15.7. The van der Waals surface area contributed by atoms with Crippen LogP contribution in [-0.2, 0) is 18.0 Å². The van der Waals surface area contributed by atoms with Crippen molar-refractivity contribution in [1.29, 1.82) is 0 Å². The van der Waals surface area contributed by atoms with Crippen LogP contribution < -0.4 is 14.8 Å². The zero-order chi connectivity index (χ0) is 22.6. The van der Waals surface area contributed by atoms with Gasteiger partial charge in [0.15, 0.2) is 0 Å². The van der Waals surface area contributed by atoms with Crippen LogP contribution in [-0.4, -0.2) is 19.1 Å². The maximum atomic E-state index is 12.8. The predicted molar refractivity (Wildman–Crippen MR) is 127 cm³/mol. The molecule has 0 aromatic heterocycles. The third-order valence-corrected chi connectivity index (χ3v) is 4.88. The van der Waals surface area contributed by atoms with E-state index in [2.05, 4.69) is 12.2 Å². The molecule has 0 saturated carbocycles. The third kappa shape index (κ3) is 7.13. The first kappa shape index (κ1) is 23.4. The highest BCUT2D eigenvalue weighted by Gasteiger charge is 2.11. The third-order valence-electron chi connectivity index (χ3n) is 4.88. The standard InChI is InChI=1S/C27H31NO4/c1-3-5-17-30-20-23-18-22(11-16-26(23)31-4-2)27(29)28-24-12-14-25(15-13-24)32-19-21-9-7-6-8-10-21/h6-16,18H,3-5,17,19-20H2,1-2H3,(H,28,29). The van der Waals surface area contributed by atoms with Gasteiger partial charge >= 0.3 is 0 Å². The summed E-state index contributed by atoms with van der Waals surface area (Å²) in [4.78, 5) is 12.8. The highest BCUT2D eigenvalue weighted by Crippen LogP contribution is 2.23. The summed E-state index contributed by atoms with van der Waals surface area (Å²) in [5.74, 6) is 1.32. The lowest BCUT2D eigenvalue weighted by molar-refractivity contribution is 0.102. The molecule has 0 aliphatic carbocycles. The van der Waals surface area contributed by atoms with Gasteiger partial charge in [-0.3, -0.25) is 4.79 Å². The number of nitrogens with one attached hydrogen (secondary N) is 1. The molecule has 3 aromatic carbocycles. The minimum Gasteiger partial charge on any atom is -0.494 e. The SMILES string of the molecule is CCCCOCc1cc(C(=O)Nc2ccc(OCc3ccccc3)cc2)ccc1OCC. The Bertz CT molecular complexity index is 971. The Morgan fingerprint density at radius 1 is 0.875 bits per heavy atom. The molecule has 0 atom stereocenters. The second-order valence-electron chi connectivity index (χ2n) is 7.41. The van der Waals surface area contributed by atoms with Gasteiger partial charge in [0.1, 0.15) is 18.1 Å². The fraction of sp³-hybridized carbons (Fsp3) is 0.296. The summed E-state index contributed by atoms with van der Waals surface area (Å²) >= 11 is 0. The van der Waals surface area contributed by atoms with Crippen LogP contribution in [0.3, 0.4) is 0 Å². The van der Waals surface area contributed by atoms with Gasteiger partial charge in [-0.15, -0.1) is 0 Å². The van der Waals surface area contributed by atoms with Crippen molar-refractivity contribution < 1.29 is 19.0 Å². The second kappa shape index (κ2) is 12.5. The van der Waals surface area contributed by atoms with Gasteiger partial charge < -0.3 is 19.5 Å². The Morgan fingerprint density at radius 2 is 1.66 bits per heavy atom. The molecule has 0 fully saturated rings. The van der Waals surface area contributed by atoms with E-state index in [-0.39, 0.29) is 5.91 Å². The van der Waals surface area contributed by atoms with Crippen LogP contribution in [0.4, 0.5) is 5.69 Å².